The van der Waals surface area contributed by atoms with Crippen molar-refractivity contribution in [2.45, 2.75) is 50.7 Å². The van der Waals surface area contributed by atoms with Gasteiger partial charge in [0.05, 0.1) is 12.6 Å². The first kappa shape index (κ1) is 23.8. The first-order valence-electron chi connectivity index (χ1n) is 10.1. The second-order valence-electron chi connectivity index (χ2n) is 8.14. The summed E-state index contributed by atoms with van der Waals surface area (Å²) in [5, 5.41) is 12.6. The Morgan fingerprint density at radius 1 is 1.18 bits per heavy atom. The van der Waals surface area contributed by atoms with Crippen molar-refractivity contribution < 1.29 is 32.6 Å². The number of nitrogens with zero attached hydrogens (tertiary/aromatic N) is 2. The normalized spacial score (nSPS) is 22.9. The number of hydrogen-bond acceptors (Lipinski definition) is 5. The first-order valence-corrected chi connectivity index (χ1v) is 10.1. The standard InChI is InChI=1S/C21H18F3N3O5.Na/c22-9-3-14(23)12(15(24)4-9)6-25-20(30)13-7-26-8-16-27(10-1-2-11(5-10)32-16)21(31)17(26)19(29)18(13)28;/h3-4,7,10-11,16,29H,1-2,5-6,8H2,(H,25,30);/t10-,11+,16+;/m0./s1. The van der Waals surface area contributed by atoms with Crippen LogP contribution in [0.4, 0.5) is 13.2 Å². The Kier molecular flexibility index (Phi) is 6.34. The van der Waals surface area contributed by atoms with E-state index in [2.05, 4.69) is 5.32 Å². The number of nitrogens with one attached hydrogen (secondary N) is 1. The molecule has 0 spiro atoms. The van der Waals surface area contributed by atoms with Gasteiger partial charge in [-0.3, -0.25) is 14.4 Å². The van der Waals surface area contributed by atoms with Crippen molar-refractivity contribution in [1.82, 2.24) is 14.8 Å². The van der Waals surface area contributed by atoms with E-state index in [0.717, 1.165) is 19.0 Å². The van der Waals surface area contributed by atoms with Gasteiger partial charge in [0.2, 0.25) is 5.43 Å². The van der Waals surface area contributed by atoms with E-state index in [1.165, 1.54) is 9.47 Å². The molecule has 1 saturated heterocycles. The molecule has 1 saturated carbocycles. The van der Waals surface area contributed by atoms with Crippen molar-refractivity contribution >= 4 is 41.4 Å². The minimum atomic E-state index is -1.19. The monoisotopic (exact) mass is 472 g/mol. The summed E-state index contributed by atoms with van der Waals surface area (Å²) in [5.74, 6) is -5.93. The summed E-state index contributed by atoms with van der Waals surface area (Å²) in [6.07, 6.45) is 2.86. The number of rotatable bonds is 3. The Morgan fingerprint density at radius 3 is 2.58 bits per heavy atom. The molecule has 0 unspecified atom stereocenters. The second-order valence-corrected chi connectivity index (χ2v) is 8.14. The predicted octanol–water partition coefficient (Wildman–Crippen LogP) is 1.25. The minimum Gasteiger partial charge on any atom is -0.503 e. The molecule has 2 N–H and O–H groups in total. The summed E-state index contributed by atoms with van der Waals surface area (Å²) in [6.45, 7) is -0.538. The SMILES string of the molecule is O=C(NCc1c(F)cc(F)cc1F)c1cn2c(c(O)c1=O)C(=O)N1[C@H]3CC[C@H](C3)O[C@@H]1C2.[Na]. The van der Waals surface area contributed by atoms with Gasteiger partial charge in [-0.2, -0.15) is 0 Å². The molecule has 2 aliphatic heterocycles. The molecule has 5 rings (SSSR count). The topological polar surface area (TPSA) is 101 Å². The number of fused-ring (bicyclic) bond motifs is 5. The summed E-state index contributed by atoms with van der Waals surface area (Å²) in [7, 11) is 0. The molecule has 8 nitrogen and oxygen atoms in total. The van der Waals surface area contributed by atoms with E-state index < -0.39 is 64.3 Å². The average molecular weight is 472 g/mol. The molecule has 2 aromatic rings. The number of hydrogen-bond donors (Lipinski definition) is 2. The van der Waals surface area contributed by atoms with Crippen LogP contribution < -0.4 is 10.7 Å². The van der Waals surface area contributed by atoms with Crippen LogP contribution in [0.1, 0.15) is 45.7 Å². The van der Waals surface area contributed by atoms with E-state index in [0.29, 0.717) is 18.6 Å². The van der Waals surface area contributed by atoms with Crippen LogP contribution in [0.2, 0.25) is 0 Å². The average Bonchev–Trinajstić information content (AvgIpc) is 3.10. The zero-order chi connectivity index (χ0) is 22.7. The van der Waals surface area contributed by atoms with Gasteiger partial charge in [0.15, 0.2) is 17.7 Å². The van der Waals surface area contributed by atoms with Crippen molar-refractivity contribution in [3.63, 3.8) is 0 Å². The molecule has 3 atom stereocenters. The molecule has 1 aromatic carbocycles. The quantitative estimate of drug-likeness (QED) is 0.656. The maximum absolute atomic E-state index is 13.8. The van der Waals surface area contributed by atoms with Crippen LogP contribution in [-0.4, -0.2) is 74.3 Å². The van der Waals surface area contributed by atoms with Crippen molar-refractivity contribution in [2.24, 2.45) is 0 Å². The third-order valence-electron chi connectivity index (χ3n) is 6.23. The number of benzene rings is 1. The largest absolute Gasteiger partial charge is 0.503 e. The molecule has 12 heteroatoms. The van der Waals surface area contributed by atoms with Crippen LogP contribution in [0.15, 0.2) is 23.1 Å². The summed E-state index contributed by atoms with van der Waals surface area (Å²) in [4.78, 5) is 39.7. The summed E-state index contributed by atoms with van der Waals surface area (Å²) in [5.41, 5.74) is -2.40. The van der Waals surface area contributed by atoms with Gasteiger partial charge >= 0.3 is 0 Å². The zero-order valence-corrected chi connectivity index (χ0v) is 19.6. The fourth-order valence-electron chi connectivity index (χ4n) is 4.72. The Morgan fingerprint density at radius 2 is 1.88 bits per heavy atom. The number of aromatic nitrogens is 1. The molecule has 3 heterocycles. The summed E-state index contributed by atoms with van der Waals surface area (Å²) >= 11 is 0. The number of amides is 2. The third-order valence-corrected chi connectivity index (χ3v) is 6.23. The van der Waals surface area contributed by atoms with Gasteiger partial charge in [-0.25, -0.2) is 13.2 Å². The molecular formula is C21H18F3N3NaO5. The zero-order valence-electron chi connectivity index (χ0n) is 17.6. The van der Waals surface area contributed by atoms with E-state index in [9.17, 15) is 32.7 Å². The van der Waals surface area contributed by atoms with Gasteiger partial charge in [0.25, 0.3) is 11.8 Å². The Labute approximate surface area is 207 Å². The maximum Gasteiger partial charge on any atom is 0.276 e. The Bertz CT molecular complexity index is 1200. The molecule has 33 heavy (non-hydrogen) atoms. The van der Waals surface area contributed by atoms with Gasteiger partial charge in [0, 0.05) is 66.0 Å². The van der Waals surface area contributed by atoms with Crippen molar-refractivity contribution in [3.05, 3.63) is 62.8 Å². The minimum absolute atomic E-state index is 0. The fourth-order valence-corrected chi connectivity index (χ4v) is 4.72. The van der Waals surface area contributed by atoms with Gasteiger partial charge in [-0.15, -0.1) is 0 Å². The number of ether oxygens (including phenoxy) is 1. The van der Waals surface area contributed by atoms with Crippen LogP contribution in [0.5, 0.6) is 5.75 Å². The van der Waals surface area contributed by atoms with Crippen LogP contribution in [0.25, 0.3) is 0 Å². The van der Waals surface area contributed by atoms with Gasteiger partial charge in [-0.1, -0.05) is 0 Å². The molecule has 169 valence electrons. The van der Waals surface area contributed by atoms with Crippen LogP contribution in [0, 0.1) is 17.5 Å². The molecule has 2 amide bonds. The molecule has 3 aliphatic rings. The van der Waals surface area contributed by atoms with E-state index >= 15 is 0 Å². The molecule has 2 bridgehead atoms. The summed E-state index contributed by atoms with van der Waals surface area (Å²) < 4.78 is 47.9. The van der Waals surface area contributed by atoms with Crippen LogP contribution >= 0.6 is 0 Å². The number of carbonyl (C=O) groups excluding carboxylic acids is 2. The fraction of sp³-hybridized carbons (Fsp3) is 0.381. The molecule has 2 fully saturated rings. The maximum atomic E-state index is 13.8. The molecule has 1 aromatic heterocycles. The summed E-state index contributed by atoms with van der Waals surface area (Å²) in [6, 6.07) is 0.912. The van der Waals surface area contributed by atoms with Crippen molar-refractivity contribution in [3.8, 4) is 5.75 Å². The number of pyridine rings is 1. The van der Waals surface area contributed by atoms with E-state index in [1.807, 2.05) is 0 Å². The second kappa shape index (κ2) is 8.79. The first-order chi connectivity index (χ1) is 15.2. The number of carbonyl (C=O) groups is 2. The van der Waals surface area contributed by atoms with Gasteiger partial charge in [0.1, 0.15) is 23.0 Å². The smallest absolute Gasteiger partial charge is 0.276 e. The molecule has 1 radical (unpaired) electrons. The van der Waals surface area contributed by atoms with Crippen molar-refractivity contribution in [2.75, 3.05) is 0 Å². The van der Waals surface area contributed by atoms with Crippen LogP contribution in [0.3, 0.4) is 0 Å². The van der Waals surface area contributed by atoms with E-state index in [1.54, 1.807) is 0 Å². The molecule has 1 aliphatic carbocycles. The van der Waals surface area contributed by atoms with Crippen molar-refractivity contribution in [1.29, 1.82) is 0 Å². The Hall–Kier alpha value is -2.34. The van der Waals surface area contributed by atoms with E-state index in [4.69, 9.17) is 4.74 Å². The van der Waals surface area contributed by atoms with Gasteiger partial charge in [-0.05, 0) is 19.3 Å². The van der Waals surface area contributed by atoms with Gasteiger partial charge < -0.3 is 24.6 Å². The predicted molar refractivity (Wildman–Crippen MR) is 108 cm³/mol. The third kappa shape index (κ3) is 3.96. The Balaban J connectivity index is 0.00000259. The van der Waals surface area contributed by atoms with E-state index in [-0.39, 0.29) is 53.9 Å². The number of halogens is 3. The molecular weight excluding hydrogens is 454 g/mol. The number of aromatic hydroxyl groups is 1. The van der Waals surface area contributed by atoms with Crippen LogP contribution in [-0.2, 0) is 17.8 Å².